The molecule has 0 radical (unpaired) electrons. The van der Waals surface area contributed by atoms with Crippen molar-refractivity contribution in [3.05, 3.63) is 23.9 Å². The van der Waals surface area contributed by atoms with E-state index in [0.29, 0.717) is 18.5 Å². The van der Waals surface area contributed by atoms with Crippen LogP contribution in [0.25, 0.3) is 0 Å². The van der Waals surface area contributed by atoms with E-state index < -0.39 is 30.5 Å². The van der Waals surface area contributed by atoms with E-state index >= 15 is 0 Å². The Kier molecular flexibility index (Phi) is 7.32. The molecule has 1 fully saturated rings. The molecule has 1 atom stereocenters. The molecule has 1 aliphatic heterocycles. The van der Waals surface area contributed by atoms with Crippen molar-refractivity contribution in [2.24, 2.45) is 0 Å². The summed E-state index contributed by atoms with van der Waals surface area (Å²) in [5, 5.41) is 2.72. The zero-order valence-electron chi connectivity index (χ0n) is 16.7. The first-order valence-electron chi connectivity index (χ1n) is 9.36. The van der Waals surface area contributed by atoms with Crippen LogP contribution in [0.5, 0.6) is 5.88 Å². The lowest BCUT2D eigenvalue weighted by molar-refractivity contribution is -0.154. The molecule has 0 bridgehead atoms. The standard InChI is InChI=1S/C19H26F3N3O4/c1-18(2,3)29-17(27)25-9-5-4-6-14(25)16(26)24-11-13-7-8-23-15(10-13)28-12-19(20,21)22/h7-8,10,14H,4-6,9,11-12H2,1-3H3,(H,24,26). The van der Waals surface area contributed by atoms with Gasteiger partial charge in [-0.3, -0.25) is 9.69 Å². The second kappa shape index (κ2) is 9.32. The van der Waals surface area contributed by atoms with Gasteiger partial charge in [0.1, 0.15) is 11.6 Å². The largest absolute Gasteiger partial charge is 0.468 e. The molecular weight excluding hydrogens is 391 g/mol. The number of amides is 2. The molecule has 0 spiro atoms. The molecule has 10 heteroatoms. The minimum Gasteiger partial charge on any atom is -0.468 e. The van der Waals surface area contributed by atoms with Gasteiger partial charge in [0.25, 0.3) is 0 Å². The number of halogens is 3. The van der Waals surface area contributed by atoms with Crippen LogP contribution < -0.4 is 10.1 Å². The smallest absolute Gasteiger partial charge is 0.422 e. The molecule has 1 saturated heterocycles. The van der Waals surface area contributed by atoms with Crippen LogP contribution in [-0.4, -0.2) is 52.9 Å². The minimum absolute atomic E-state index is 0.0718. The molecule has 1 aromatic rings. The minimum atomic E-state index is -4.46. The summed E-state index contributed by atoms with van der Waals surface area (Å²) in [4.78, 5) is 30.2. The van der Waals surface area contributed by atoms with Crippen molar-refractivity contribution in [2.45, 2.75) is 64.4 Å². The summed E-state index contributed by atoms with van der Waals surface area (Å²) in [7, 11) is 0. The lowest BCUT2D eigenvalue weighted by Gasteiger charge is -2.35. The summed E-state index contributed by atoms with van der Waals surface area (Å²) in [6, 6.07) is 2.24. The van der Waals surface area contributed by atoms with Gasteiger partial charge in [0, 0.05) is 25.4 Å². The van der Waals surface area contributed by atoms with Gasteiger partial charge in [0.05, 0.1) is 0 Å². The SMILES string of the molecule is CC(C)(C)OC(=O)N1CCCCC1C(=O)NCc1ccnc(OCC(F)(F)F)c1. The maximum atomic E-state index is 12.6. The fourth-order valence-corrected chi connectivity index (χ4v) is 2.85. The predicted molar refractivity (Wildman–Crippen MR) is 98.2 cm³/mol. The molecule has 0 aromatic carbocycles. The first-order chi connectivity index (χ1) is 13.4. The zero-order valence-corrected chi connectivity index (χ0v) is 16.7. The highest BCUT2D eigenvalue weighted by molar-refractivity contribution is 5.85. The highest BCUT2D eigenvalue weighted by atomic mass is 19.4. The van der Waals surface area contributed by atoms with E-state index in [-0.39, 0.29) is 18.3 Å². The quantitative estimate of drug-likeness (QED) is 0.794. The summed E-state index contributed by atoms with van der Waals surface area (Å²) in [5.74, 6) is -0.521. The Labute approximate surface area is 167 Å². The van der Waals surface area contributed by atoms with Crippen molar-refractivity contribution >= 4 is 12.0 Å². The van der Waals surface area contributed by atoms with Crippen LogP contribution in [0.15, 0.2) is 18.3 Å². The van der Waals surface area contributed by atoms with Gasteiger partial charge in [-0.2, -0.15) is 13.2 Å². The van der Waals surface area contributed by atoms with Crippen LogP contribution >= 0.6 is 0 Å². The summed E-state index contributed by atoms with van der Waals surface area (Å²) in [6.07, 6.45) is -1.58. The van der Waals surface area contributed by atoms with Gasteiger partial charge in [-0.25, -0.2) is 9.78 Å². The molecular formula is C19H26F3N3O4. The van der Waals surface area contributed by atoms with Crippen LogP contribution in [0.4, 0.5) is 18.0 Å². The number of carbonyl (C=O) groups is 2. The summed E-state index contributed by atoms with van der Waals surface area (Å²) in [6.45, 7) is 4.33. The van der Waals surface area contributed by atoms with Crippen LogP contribution in [0.3, 0.4) is 0 Å². The van der Waals surface area contributed by atoms with Gasteiger partial charge >= 0.3 is 12.3 Å². The van der Waals surface area contributed by atoms with Gasteiger partial charge in [-0.1, -0.05) is 0 Å². The predicted octanol–water partition coefficient (Wildman–Crippen LogP) is 3.43. The van der Waals surface area contributed by atoms with Crippen molar-refractivity contribution in [3.8, 4) is 5.88 Å². The van der Waals surface area contributed by atoms with E-state index in [0.717, 1.165) is 12.8 Å². The number of aromatic nitrogens is 1. The number of likely N-dealkylation sites (tertiary alicyclic amines) is 1. The summed E-state index contributed by atoms with van der Waals surface area (Å²) < 4.78 is 46.8. The molecule has 2 rings (SSSR count). The van der Waals surface area contributed by atoms with Crippen LogP contribution in [0, 0.1) is 0 Å². The molecule has 1 aliphatic rings. The Bertz CT molecular complexity index is 719. The van der Waals surface area contributed by atoms with E-state index in [1.807, 2.05) is 0 Å². The van der Waals surface area contributed by atoms with Gasteiger partial charge in [-0.05, 0) is 51.7 Å². The average molecular weight is 417 g/mol. The van der Waals surface area contributed by atoms with Gasteiger partial charge in [0.15, 0.2) is 6.61 Å². The topological polar surface area (TPSA) is 80.8 Å². The molecule has 1 N–H and O–H groups in total. The monoisotopic (exact) mass is 417 g/mol. The van der Waals surface area contributed by atoms with E-state index in [1.165, 1.54) is 17.2 Å². The van der Waals surface area contributed by atoms with Crippen molar-refractivity contribution in [2.75, 3.05) is 13.2 Å². The van der Waals surface area contributed by atoms with Gasteiger partial charge in [0.2, 0.25) is 11.8 Å². The van der Waals surface area contributed by atoms with Crippen LogP contribution in [0.2, 0.25) is 0 Å². The molecule has 0 aliphatic carbocycles. The third-order valence-electron chi connectivity index (χ3n) is 4.08. The van der Waals surface area contributed by atoms with Crippen molar-refractivity contribution in [1.82, 2.24) is 15.2 Å². The molecule has 2 amide bonds. The maximum Gasteiger partial charge on any atom is 0.422 e. The number of hydrogen-bond acceptors (Lipinski definition) is 5. The van der Waals surface area contributed by atoms with E-state index in [2.05, 4.69) is 15.0 Å². The Morgan fingerprint density at radius 2 is 2.00 bits per heavy atom. The molecule has 0 saturated carbocycles. The van der Waals surface area contributed by atoms with E-state index in [1.54, 1.807) is 26.8 Å². The number of piperidine rings is 1. The number of rotatable bonds is 5. The number of carbonyl (C=O) groups excluding carboxylic acids is 2. The zero-order chi connectivity index (χ0) is 21.7. The molecule has 1 unspecified atom stereocenters. The Balaban J connectivity index is 1.95. The number of hydrogen-bond donors (Lipinski definition) is 1. The Morgan fingerprint density at radius 1 is 1.28 bits per heavy atom. The lowest BCUT2D eigenvalue weighted by atomic mass is 10.0. The molecule has 2 heterocycles. The Morgan fingerprint density at radius 3 is 2.66 bits per heavy atom. The second-order valence-corrected chi connectivity index (χ2v) is 7.81. The third kappa shape index (κ3) is 7.78. The first kappa shape index (κ1) is 22.8. The highest BCUT2D eigenvalue weighted by Gasteiger charge is 2.34. The third-order valence-corrected chi connectivity index (χ3v) is 4.08. The van der Waals surface area contributed by atoms with Crippen LogP contribution in [0.1, 0.15) is 45.6 Å². The highest BCUT2D eigenvalue weighted by Crippen LogP contribution is 2.21. The van der Waals surface area contributed by atoms with Crippen molar-refractivity contribution in [3.63, 3.8) is 0 Å². The molecule has 162 valence electrons. The normalized spacial score (nSPS) is 17.6. The van der Waals surface area contributed by atoms with E-state index in [4.69, 9.17) is 4.74 Å². The number of nitrogens with one attached hydrogen (secondary N) is 1. The fraction of sp³-hybridized carbons (Fsp3) is 0.632. The lowest BCUT2D eigenvalue weighted by Crippen LogP contribution is -2.52. The van der Waals surface area contributed by atoms with Gasteiger partial charge in [-0.15, -0.1) is 0 Å². The first-order valence-corrected chi connectivity index (χ1v) is 9.36. The summed E-state index contributed by atoms with van der Waals surface area (Å²) in [5.41, 5.74) is -0.135. The van der Waals surface area contributed by atoms with Crippen LogP contribution in [-0.2, 0) is 16.1 Å². The molecule has 29 heavy (non-hydrogen) atoms. The van der Waals surface area contributed by atoms with E-state index in [9.17, 15) is 22.8 Å². The average Bonchev–Trinajstić information content (AvgIpc) is 2.63. The summed E-state index contributed by atoms with van der Waals surface area (Å²) >= 11 is 0. The maximum absolute atomic E-state index is 12.6. The molecule has 7 nitrogen and oxygen atoms in total. The van der Waals surface area contributed by atoms with Gasteiger partial charge < -0.3 is 14.8 Å². The molecule has 1 aromatic heterocycles. The van der Waals surface area contributed by atoms with Crippen molar-refractivity contribution in [1.29, 1.82) is 0 Å². The number of alkyl halides is 3. The van der Waals surface area contributed by atoms with Crippen molar-refractivity contribution < 1.29 is 32.2 Å². The number of pyridine rings is 1. The number of ether oxygens (including phenoxy) is 2. The number of nitrogens with zero attached hydrogens (tertiary/aromatic N) is 2. The fourth-order valence-electron chi connectivity index (χ4n) is 2.85. The second-order valence-electron chi connectivity index (χ2n) is 7.81. The Hall–Kier alpha value is -2.52.